The first-order valence-corrected chi connectivity index (χ1v) is 6.40. The normalized spacial score (nSPS) is 10.4. The lowest BCUT2D eigenvalue weighted by Crippen LogP contribution is -2.04. The van der Waals surface area contributed by atoms with Crippen LogP contribution in [0.3, 0.4) is 0 Å². The Hall–Kier alpha value is -1.55. The van der Waals surface area contributed by atoms with E-state index >= 15 is 0 Å². The van der Waals surface area contributed by atoms with Crippen molar-refractivity contribution in [3.05, 3.63) is 57.8 Å². The highest BCUT2D eigenvalue weighted by molar-refractivity contribution is 9.10. The van der Waals surface area contributed by atoms with E-state index in [4.69, 9.17) is 5.73 Å². The highest BCUT2D eigenvalue weighted by atomic mass is 79.9. The van der Waals surface area contributed by atoms with Crippen LogP contribution >= 0.6 is 15.9 Å². The van der Waals surface area contributed by atoms with Gasteiger partial charge in [0, 0.05) is 17.9 Å². The second-order valence-electron chi connectivity index (χ2n) is 4.13. The summed E-state index contributed by atoms with van der Waals surface area (Å²) < 4.78 is 13.7. The molecule has 2 aromatic carbocycles. The van der Waals surface area contributed by atoms with Crippen molar-refractivity contribution in [1.82, 2.24) is 0 Å². The van der Waals surface area contributed by atoms with Crippen LogP contribution in [0.25, 0.3) is 0 Å². The van der Waals surface area contributed by atoms with Crippen LogP contribution in [-0.2, 0) is 6.54 Å². The zero-order valence-electron chi connectivity index (χ0n) is 10.0. The van der Waals surface area contributed by atoms with Gasteiger partial charge in [0.05, 0.1) is 4.47 Å². The fraction of sp³-hybridized carbons (Fsp3) is 0.143. The Kier molecular flexibility index (Phi) is 3.87. The molecule has 0 fully saturated rings. The van der Waals surface area contributed by atoms with Crippen LogP contribution in [-0.4, -0.2) is 0 Å². The first kappa shape index (κ1) is 12.9. The molecule has 2 nitrogen and oxygen atoms in total. The van der Waals surface area contributed by atoms with E-state index in [0.717, 1.165) is 22.5 Å². The molecule has 0 spiro atoms. The SMILES string of the molecule is Cc1cc(F)c(Br)cc1NCc1ccccc1N. The van der Waals surface area contributed by atoms with Gasteiger partial charge in [-0.1, -0.05) is 18.2 Å². The number of para-hydroxylation sites is 1. The number of benzene rings is 2. The molecule has 0 aliphatic rings. The largest absolute Gasteiger partial charge is 0.398 e. The molecule has 94 valence electrons. The molecule has 0 heterocycles. The number of hydrogen-bond donors (Lipinski definition) is 2. The van der Waals surface area contributed by atoms with Crippen molar-refractivity contribution in [2.75, 3.05) is 11.1 Å². The van der Waals surface area contributed by atoms with E-state index in [0.29, 0.717) is 11.0 Å². The number of nitrogen functional groups attached to an aromatic ring is 1. The summed E-state index contributed by atoms with van der Waals surface area (Å²) in [7, 11) is 0. The van der Waals surface area contributed by atoms with Crippen LogP contribution in [0, 0.1) is 12.7 Å². The van der Waals surface area contributed by atoms with Gasteiger partial charge >= 0.3 is 0 Å². The van der Waals surface area contributed by atoms with Crippen LogP contribution in [0.2, 0.25) is 0 Å². The highest BCUT2D eigenvalue weighted by Crippen LogP contribution is 2.25. The van der Waals surface area contributed by atoms with Crippen LogP contribution in [0.1, 0.15) is 11.1 Å². The Bertz CT molecular complexity index is 570. The molecule has 2 rings (SSSR count). The van der Waals surface area contributed by atoms with Crippen LogP contribution in [0.5, 0.6) is 0 Å². The number of nitrogens with two attached hydrogens (primary N) is 1. The minimum Gasteiger partial charge on any atom is -0.398 e. The second-order valence-corrected chi connectivity index (χ2v) is 4.99. The van der Waals surface area contributed by atoms with Gasteiger partial charge in [-0.25, -0.2) is 4.39 Å². The molecule has 0 bridgehead atoms. The lowest BCUT2D eigenvalue weighted by molar-refractivity contribution is 0.620. The third kappa shape index (κ3) is 2.82. The van der Waals surface area contributed by atoms with Crippen molar-refractivity contribution in [3.63, 3.8) is 0 Å². The van der Waals surface area contributed by atoms with Crippen molar-refractivity contribution in [2.45, 2.75) is 13.5 Å². The zero-order valence-corrected chi connectivity index (χ0v) is 11.6. The van der Waals surface area contributed by atoms with Crippen LogP contribution < -0.4 is 11.1 Å². The van der Waals surface area contributed by atoms with Crippen LogP contribution in [0.4, 0.5) is 15.8 Å². The molecule has 0 atom stereocenters. The smallest absolute Gasteiger partial charge is 0.137 e. The summed E-state index contributed by atoms with van der Waals surface area (Å²) in [5.41, 5.74) is 9.41. The third-order valence-electron chi connectivity index (χ3n) is 2.79. The van der Waals surface area contributed by atoms with Gasteiger partial charge in [-0.2, -0.15) is 0 Å². The van der Waals surface area contributed by atoms with E-state index in [1.54, 1.807) is 6.07 Å². The standard InChI is InChI=1S/C14H14BrFN2/c1-9-6-12(16)11(15)7-14(9)18-8-10-4-2-3-5-13(10)17/h2-7,18H,8,17H2,1H3. The molecular weight excluding hydrogens is 295 g/mol. The maximum Gasteiger partial charge on any atom is 0.137 e. The van der Waals surface area contributed by atoms with Crippen molar-refractivity contribution in [2.24, 2.45) is 0 Å². The molecule has 2 aromatic rings. The summed E-state index contributed by atoms with van der Waals surface area (Å²) in [5.74, 6) is -0.253. The molecule has 0 saturated carbocycles. The predicted octanol–water partition coefficient (Wildman–Crippen LogP) is 4.09. The van der Waals surface area contributed by atoms with Crippen molar-refractivity contribution < 1.29 is 4.39 Å². The Labute approximate surface area is 114 Å². The minimum absolute atomic E-state index is 0.253. The van der Waals surface area contributed by atoms with E-state index in [1.165, 1.54) is 6.07 Å². The van der Waals surface area contributed by atoms with E-state index in [-0.39, 0.29) is 5.82 Å². The van der Waals surface area contributed by atoms with E-state index in [2.05, 4.69) is 21.2 Å². The molecule has 3 N–H and O–H groups in total. The first-order valence-electron chi connectivity index (χ1n) is 5.61. The van der Waals surface area contributed by atoms with Crippen molar-refractivity contribution in [3.8, 4) is 0 Å². The molecule has 0 aliphatic carbocycles. The van der Waals surface area contributed by atoms with Gasteiger partial charge in [-0.15, -0.1) is 0 Å². The fourth-order valence-corrected chi connectivity index (χ4v) is 2.07. The number of aryl methyl sites for hydroxylation is 1. The average Bonchev–Trinajstić information content (AvgIpc) is 2.34. The molecule has 0 saturated heterocycles. The summed E-state index contributed by atoms with van der Waals surface area (Å²) in [4.78, 5) is 0. The number of hydrogen-bond acceptors (Lipinski definition) is 2. The van der Waals surface area contributed by atoms with Gasteiger partial charge in [-0.3, -0.25) is 0 Å². The Morgan fingerprint density at radius 3 is 2.72 bits per heavy atom. The highest BCUT2D eigenvalue weighted by Gasteiger charge is 2.05. The number of nitrogens with one attached hydrogen (secondary N) is 1. The summed E-state index contributed by atoms with van der Waals surface area (Å²) in [6.45, 7) is 2.48. The summed E-state index contributed by atoms with van der Waals surface area (Å²) in [5, 5.41) is 3.26. The minimum atomic E-state index is -0.253. The number of halogens is 2. The Morgan fingerprint density at radius 2 is 2.00 bits per heavy atom. The van der Waals surface area contributed by atoms with Gasteiger partial charge in [-0.05, 0) is 52.2 Å². The fourth-order valence-electron chi connectivity index (χ4n) is 1.72. The maximum atomic E-state index is 13.3. The van der Waals surface area contributed by atoms with E-state index in [1.807, 2.05) is 31.2 Å². The van der Waals surface area contributed by atoms with Gasteiger partial charge in [0.15, 0.2) is 0 Å². The zero-order chi connectivity index (χ0) is 13.1. The molecule has 0 unspecified atom stereocenters. The average molecular weight is 309 g/mol. The number of rotatable bonds is 3. The van der Waals surface area contributed by atoms with Crippen molar-refractivity contribution >= 4 is 27.3 Å². The summed E-state index contributed by atoms with van der Waals surface area (Å²) in [6.07, 6.45) is 0. The summed E-state index contributed by atoms with van der Waals surface area (Å²) in [6, 6.07) is 10.9. The number of anilines is 2. The lowest BCUT2D eigenvalue weighted by atomic mass is 10.1. The Morgan fingerprint density at radius 1 is 1.28 bits per heavy atom. The molecule has 0 amide bonds. The first-order chi connectivity index (χ1) is 8.58. The molecule has 0 radical (unpaired) electrons. The quantitative estimate of drug-likeness (QED) is 0.838. The Balaban J connectivity index is 2.16. The van der Waals surface area contributed by atoms with Crippen molar-refractivity contribution in [1.29, 1.82) is 0 Å². The molecule has 18 heavy (non-hydrogen) atoms. The topological polar surface area (TPSA) is 38.0 Å². The molecular formula is C14H14BrFN2. The van der Waals surface area contributed by atoms with Gasteiger partial charge in [0.1, 0.15) is 5.82 Å². The van der Waals surface area contributed by atoms with E-state index < -0.39 is 0 Å². The summed E-state index contributed by atoms with van der Waals surface area (Å²) >= 11 is 3.18. The van der Waals surface area contributed by atoms with Gasteiger partial charge < -0.3 is 11.1 Å². The van der Waals surface area contributed by atoms with E-state index in [9.17, 15) is 4.39 Å². The maximum absolute atomic E-state index is 13.3. The van der Waals surface area contributed by atoms with Crippen LogP contribution in [0.15, 0.2) is 40.9 Å². The third-order valence-corrected chi connectivity index (χ3v) is 3.40. The molecule has 4 heteroatoms. The predicted molar refractivity (Wildman–Crippen MR) is 77.0 cm³/mol. The molecule has 0 aromatic heterocycles. The molecule has 0 aliphatic heterocycles. The van der Waals surface area contributed by atoms with Gasteiger partial charge in [0.25, 0.3) is 0 Å². The lowest BCUT2D eigenvalue weighted by Gasteiger charge is -2.12. The second kappa shape index (κ2) is 5.40. The van der Waals surface area contributed by atoms with Gasteiger partial charge in [0.2, 0.25) is 0 Å². The monoisotopic (exact) mass is 308 g/mol.